The predicted molar refractivity (Wildman–Crippen MR) is 71.3 cm³/mol. The van der Waals surface area contributed by atoms with Gasteiger partial charge >= 0.3 is 0 Å². The zero-order valence-electron chi connectivity index (χ0n) is 11.2. The molecule has 4 heteroatoms. The summed E-state index contributed by atoms with van der Waals surface area (Å²) in [5.41, 5.74) is 2.20. The SMILES string of the molecule is CC(C(=O)NC1CCN2CCCCC12)=C1CNC1. The highest BCUT2D eigenvalue weighted by atomic mass is 16.1. The first kappa shape index (κ1) is 12.2. The Morgan fingerprint density at radius 2 is 2.11 bits per heavy atom. The van der Waals surface area contributed by atoms with Crippen LogP contribution in [0.3, 0.4) is 0 Å². The Hall–Kier alpha value is -0.870. The van der Waals surface area contributed by atoms with E-state index in [4.69, 9.17) is 0 Å². The molecule has 0 aromatic heterocycles. The molecule has 3 aliphatic heterocycles. The van der Waals surface area contributed by atoms with Crippen LogP contribution in [0.1, 0.15) is 32.6 Å². The highest BCUT2D eigenvalue weighted by Crippen LogP contribution is 2.27. The average molecular weight is 249 g/mol. The van der Waals surface area contributed by atoms with E-state index >= 15 is 0 Å². The first-order chi connectivity index (χ1) is 8.75. The number of rotatable bonds is 2. The third kappa shape index (κ3) is 2.19. The molecule has 0 aromatic carbocycles. The van der Waals surface area contributed by atoms with E-state index in [1.165, 1.54) is 31.4 Å². The third-order valence-corrected chi connectivity index (χ3v) is 4.72. The monoisotopic (exact) mass is 249 g/mol. The smallest absolute Gasteiger partial charge is 0.247 e. The molecule has 2 N–H and O–H groups in total. The van der Waals surface area contributed by atoms with E-state index < -0.39 is 0 Å². The van der Waals surface area contributed by atoms with Gasteiger partial charge in [0.15, 0.2) is 0 Å². The van der Waals surface area contributed by atoms with Crippen LogP contribution in [0.2, 0.25) is 0 Å². The molecule has 100 valence electrons. The lowest BCUT2D eigenvalue weighted by Crippen LogP contribution is -2.47. The van der Waals surface area contributed by atoms with E-state index in [-0.39, 0.29) is 5.91 Å². The molecule has 0 spiro atoms. The van der Waals surface area contributed by atoms with E-state index in [1.807, 2.05) is 6.92 Å². The molecular formula is C14H23N3O. The van der Waals surface area contributed by atoms with Crippen molar-refractivity contribution < 1.29 is 4.79 Å². The van der Waals surface area contributed by atoms with Gasteiger partial charge in [-0.05, 0) is 38.3 Å². The summed E-state index contributed by atoms with van der Waals surface area (Å²) in [5.74, 6) is 0.156. The van der Waals surface area contributed by atoms with Crippen LogP contribution < -0.4 is 10.6 Å². The van der Waals surface area contributed by atoms with E-state index in [1.54, 1.807) is 0 Å². The van der Waals surface area contributed by atoms with Gasteiger partial charge in [-0.3, -0.25) is 9.69 Å². The maximum atomic E-state index is 12.2. The van der Waals surface area contributed by atoms with Gasteiger partial charge in [0.05, 0.1) is 0 Å². The van der Waals surface area contributed by atoms with Crippen LogP contribution in [0.5, 0.6) is 0 Å². The molecule has 4 nitrogen and oxygen atoms in total. The molecule has 3 rings (SSSR count). The Morgan fingerprint density at radius 1 is 1.28 bits per heavy atom. The maximum absolute atomic E-state index is 12.2. The van der Waals surface area contributed by atoms with Gasteiger partial charge in [0.25, 0.3) is 0 Å². The molecule has 3 heterocycles. The van der Waals surface area contributed by atoms with Gasteiger partial charge in [-0.2, -0.15) is 0 Å². The van der Waals surface area contributed by atoms with Gasteiger partial charge < -0.3 is 10.6 Å². The number of amides is 1. The number of fused-ring (bicyclic) bond motifs is 1. The van der Waals surface area contributed by atoms with Crippen molar-refractivity contribution in [3.63, 3.8) is 0 Å². The number of nitrogens with one attached hydrogen (secondary N) is 2. The molecular weight excluding hydrogens is 226 g/mol. The molecule has 0 bridgehead atoms. The van der Waals surface area contributed by atoms with E-state index in [2.05, 4.69) is 15.5 Å². The van der Waals surface area contributed by atoms with Crippen molar-refractivity contribution in [3.05, 3.63) is 11.1 Å². The lowest BCUT2D eigenvalue weighted by molar-refractivity contribution is -0.118. The van der Waals surface area contributed by atoms with Crippen LogP contribution in [0.15, 0.2) is 11.1 Å². The minimum absolute atomic E-state index is 0.156. The summed E-state index contributed by atoms with van der Waals surface area (Å²) in [6, 6.07) is 0.974. The summed E-state index contributed by atoms with van der Waals surface area (Å²) in [5, 5.41) is 6.45. The first-order valence-electron chi connectivity index (χ1n) is 7.20. The van der Waals surface area contributed by atoms with Crippen LogP contribution in [0, 0.1) is 0 Å². The molecule has 0 radical (unpaired) electrons. The second-order valence-electron chi connectivity index (χ2n) is 5.80. The van der Waals surface area contributed by atoms with E-state index in [0.717, 1.165) is 31.6 Å². The number of hydrogen-bond donors (Lipinski definition) is 2. The lowest BCUT2D eigenvalue weighted by atomic mass is 9.98. The van der Waals surface area contributed by atoms with Crippen molar-refractivity contribution in [1.29, 1.82) is 0 Å². The van der Waals surface area contributed by atoms with Crippen LogP contribution in [0.25, 0.3) is 0 Å². The van der Waals surface area contributed by atoms with Gasteiger partial charge in [0.2, 0.25) is 5.91 Å². The van der Waals surface area contributed by atoms with Crippen molar-refractivity contribution in [1.82, 2.24) is 15.5 Å². The van der Waals surface area contributed by atoms with Crippen LogP contribution in [-0.2, 0) is 4.79 Å². The fourth-order valence-electron chi connectivity index (χ4n) is 3.37. The molecule has 3 fully saturated rings. The Morgan fingerprint density at radius 3 is 2.83 bits per heavy atom. The van der Waals surface area contributed by atoms with Gasteiger partial charge in [-0.15, -0.1) is 0 Å². The van der Waals surface area contributed by atoms with Crippen molar-refractivity contribution >= 4 is 5.91 Å². The average Bonchev–Trinajstić information content (AvgIpc) is 2.70. The summed E-state index contributed by atoms with van der Waals surface area (Å²) >= 11 is 0. The Labute approximate surface area is 109 Å². The minimum Gasteiger partial charge on any atom is -0.348 e. The van der Waals surface area contributed by atoms with Crippen molar-refractivity contribution in [2.24, 2.45) is 0 Å². The number of carbonyl (C=O) groups excluding carboxylic acids is 1. The molecule has 0 saturated carbocycles. The molecule has 0 aromatic rings. The molecule has 3 aliphatic rings. The predicted octanol–water partition coefficient (Wildman–Crippen LogP) is 0.649. The van der Waals surface area contributed by atoms with Gasteiger partial charge in [0.1, 0.15) is 0 Å². The number of carbonyl (C=O) groups is 1. The zero-order chi connectivity index (χ0) is 12.5. The van der Waals surface area contributed by atoms with Crippen molar-refractivity contribution in [2.45, 2.75) is 44.7 Å². The molecule has 2 unspecified atom stereocenters. The van der Waals surface area contributed by atoms with E-state index in [9.17, 15) is 4.79 Å². The maximum Gasteiger partial charge on any atom is 0.247 e. The molecule has 18 heavy (non-hydrogen) atoms. The van der Waals surface area contributed by atoms with Gasteiger partial charge in [-0.1, -0.05) is 6.42 Å². The summed E-state index contributed by atoms with van der Waals surface area (Å²) in [6.45, 7) is 6.12. The largest absolute Gasteiger partial charge is 0.348 e. The molecule has 1 amide bonds. The van der Waals surface area contributed by atoms with Crippen LogP contribution in [0.4, 0.5) is 0 Å². The normalized spacial score (nSPS) is 31.7. The molecule has 2 atom stereocenters. The summed E-state index contributed by atoms with van der Waals surface area (Å²) < 4.78 is 0. The van der Waals surface area contributed by atoms with Gasteiger partial charge in [-0.25, -0.2) is 0 Å². The van der Waals surface area contributed by atoms with Gasteiger partial charge in [0, 0.05) is 37.3 Å². The Kier molecular flexibility index (Phi) is 3.39. The second-order valence-corrected chi connectivity index (χ2v) is 5.80. The first-order valence-corrected chi connectivity index (χ1v) is 7.20. The highest BCUT2D eigenvalue weighted by Gasteiger charge is 2.36. The van der Waals surface area contributed by atoms with Crippen molar-refractivity contribution in [3.8, 4) is 0 Å². The fourth-order valence-corrected chi connectivity index (χ4v) is 3.37. The fraction of sp³-hybridized carbons (Fsp3) is 0.786. The second kappa shape index (κ2) is 5.02. The summed E-state index contributed by atoms with van der Waals surface area (Å²) in [6.07, 6.45) is 5.02. The summed E-state index contributed by atoms with van der Waals surface area (Å²) in [4.78, 5) is 14.7. The van der Waals surface area contributed by atoms with Crippen LogP contribution in [-0.4, -0.2) is 49.1 Å². The molecule has 3 saturated heterocycles. The highest BCUT2D eigenvalue weighted by molar-refractivity contribution is 5.94. The number of nitrogens with zero attached hydrogens (tertiary/aromatic N) is 1. The standard InChI is InChI=1S/C14H23N3O/c1-10(11-8-15-9-11)14(18)16-12-5-7-17-6-3-2-4-13(12)17/h12-13,15H,2-9H2,1H3,(H,16,18). The number of piperidine rings is 1. The quantitative estimate of drug-likeness (QED) is 0.706. The van der Waals surface area contributed by atoms with Crippen LogP contribution >= 0.6 is 0 Å². The number of hydrogen-bond acceptors (Lipinski definition) is 3. The summed E-state index contributed by atoms with van der Waals surface area (Å²) in [7, 11) is 0. The van der Waals surface area contributed by atoms with Crippen molar-refractivity contribution in [2.75, 3.05) is 26.2 Å². The zero-order valence-corrected chi connectivity index (χ0v) is 11.2. The molecule has 0 aliphatic carbocycles. The lowest BCUT2D eigenvalue weighted by Gasteiger charge is -2.32. The topological polar surface area (TPSA) is 44.4 Å². The Balaban J connectivity index is 1.61. The Bertz CT molecular complexity index is 371. The minimum atomic E-state index is 0.156. The van der Waals surface area contributed by atoms with E-state index in [0.29, 0.717) is 12.1 Å². The third-order valence-electron chi connectivity index (χ3n) is 4.72.